The SMILES string of the molecule is O=C(c1c(F)cc(F)c(NSCc2ccccc2)c1F)c1c[nH]c2ncc(-c3cnc(C4CC4)nc3)cc12. The molecule has 0 bridgehead atoms. The standard InChI is InChI=1S/C28H20F3N5OS/c29-21-9-22(30)25(36-38-14-15-4-2-1-3-5-15)24(31)23(21)26(37)20-13-35-28-19(20)8-17(10-34-28)18-11-32-27(33-12-18)16-6-7-16/h1-5,8-13,16,36H,6-7,14H2,(H,34,35). The molecule has 3 aromatic heterocycles. The number of hydrogen-bond acceptors (Lipinski definition) is 6. The van der Waals surface area contributed by atoms with Crippen molar-refractivity contribution >= 4 is 34.5 Å². The molecule has 5 aromatic rings. The van der Waals surface area contributed by atoms with E-state index in [-0.39, 0.29) is 5.56 Å². The van der Waals surface area contributed by atoms with Crippen molar-refractivity contribution in [1.82, 2.24) is 19.9 Å². The highest BCUT2D eigenvalue weighted by molar-refractivity contribution is 7.99. The lowest BCUT2D eigenvalue weighted by Crippen LogP contribution is -2.11. The van der Waals surface area contributed by atoms with Crippen LogP contribution in [-0.4, -0.2) is 25.7 Å². The van der Waals surface area contributed by atoms with Gasteiger partial charge in [0.1, 0.15) is 23.0 Å². The molecule has 1 saturated carbocycles. The normalized spacial score (nSPS) is 13.1. The van der Waals surface area contributed by atoms with Gasteiger partial charge in [-0.3, -0.25) is 4.79 Å². The largest absolute Gasteiger partial charge is 0.345 e. The van der Waals surface area contributed by atoms with E-state index in [1.807, 2.05) is 30.3 Å². The van der Waals surface area contributed by atoms with Crippen molar-refractivity contribution in [2.24, 2.45) is 0 Å². The molecule has 38 heavy (non-hydrogen) atoms. The molecule has 0 saturated heterocycles. The van der Waals surface area contributed by atoms with Gasteiger partial charge >= 0.3 is 0 Å². The van der Waals surface area contributed by atoms with E-state index in [0.29, 0.717) is 39.9 Å². The van der Waals surface area contributed by atoms with Gasteiger partial charge in [-0.05, 0) is 36.4 Å². The molecule has 2 aromatic carbocycles. The number of carbonyl (C=O) groups is 1. The van der Waals surface area contributed by atoms with E-state index in [2.05, 4.69) is 24.7 Å². The van der Waals surface area contributed by atoms with Crippen LogP contribution in [0.2, 0.25) is 0 Å². The smallest absolute Gasteiger partial charge is 0.201 e. The van der Waals surface area contributed by atoms with Gasteiger partial charge in [-0.2, -0.15) is 0 Å². The summed E-state index contributed by atoms with van der Waals surface area (Å²) in [7, 11) is 0. The van der Waals surface area contributed by atoms with Crippen molar-refractivity contribution in [2.75, 3.05) is 4.72 Å². The maximum Gasteiger partial charge on any atom is 0.201 e. The van der Waals surface area contributed by atoms with Crippen LogP contribution in [0.3, 0.4) is 0 Å². The summed E-state index contributed by atoms with van der Waals surface area (Å²) in [6, 6.07) is 11.5. The first-order valence-electron chi connectivity index (χ1n) is 11.9. The van der Waals surface area contributed by atoms with Crippen LogP contribution in [0.1, 0.15) is 46.1 Å². The number of halogens is 3. The number of nitrogens with one attached hydrogen (secondary N) is 2. The van der Waals surface area contributed by atoms with Gasteiger partial charge in [0.25, 0.3) is 0 Å². The van der Waals surface area contributed by atoms with Crippen LogP contribution in [0.25, 0.3) is 22.2 Å². The minimum Gasteiger partial charge on any atom is -0.345 e. The highest BCUT2D eigenvalue weighted by Gasteiger charge is 2.28. The monoisotopic (exact) mass is 531 g/mol. The van der Waals surface area contributed by atoms with Crippen LogP contribution < -0.4 is 4.72 Å². The lowest BCUT2D eigenvalue weighted by molar-refractivity contribution is 0.103. The first-order chi connectivity index (χ1) is 18.5. The molecule has 0 unspecified atom stereocenters. The molecular formula is C28H20F3N5OS. The van der Waals surface area contributed by atoms with E-state index in [9.17, 15) is 13.6 Å². The fourth-order valence-corrected chi connectivity index (χ4v) is 4.94. The molecule has 0 amide bonds. The summed E-state index contributed by atoms with van der Waals surface area (Å²) in [6.45, 7) is 0. The molecule has 0 radical (unpaired) electrons. The van der Waals surface area contributed by atoms with Crippen LogP contribution in [-0.2, 0) is 5.75 Å². The van der Waals surface area contributed by atoms with Crippen LogP contribution in [0.5, 0.6) is 0 Å². The molecule has 0 spiro atoms. The number of aromatic nitrogens is 4. The minimum absolute atomic E-state index is 0.0113. The predicted molar refractivity (Wildman–Crippen MR) is 140 cm³/mol. The topological polar surface area (TPSA) is 83.6 Å². The highest BCUT2D eigenvalue weighted by Crippen LogP contribution is 2.38. The molecule has 6 rings (SSSR count). The Hall–Kier alpha value is -4.18. The highest BCUT2D eigenvalue weighted by atomic mass is 32.2. The summed E-state index contributed by atoms with van der Waals surface area (Å²) in [4.78, 5) is 29.4. The average molecular weight is 532 g/mol. The van der Waals surface area contributed by atoms with Gasteiger partial charge in [-0.1, -0.05) is 30.3 Å². The third-order valence-electron chi connectivity index (χ3n) is 6.38. The summed E-state index contributed by atoms with van der Waals surface area (Å²) in [6.07, 6.45) is 8.51. The van der Waals surface area contributed by atoms with Crippen molar-refractivity contribution in [3.63, 3.8) is 0 Å². The Balaban J connectivity index is 1.31. The number of nitrogens with zero attached hydrogens (tertiary/aromatic N) is 3. The number of anilines is 1. The second-order valence-electron chi connectivity index (χ2n) is 9.04. The minimum atomic E-state index is -1.30. The lowest BCUT2D eigenvalue weighted by Gasteiger charge is -2.12. The second-order valence-corrected chi connectivity index (χ2v) is 9.82. The van der Waals surface area contributed by atoms with Gasteiger partial charge in [-0.25, -0.2) is 28.1 Å². The Morgan fingerprint density at radius 2 is 1.71 bits per heavy atom. The third-order valence-corrected chi connectivity index (χ3v) is 7.20. The zero-order valence-corrected chi connectivity index (χ0v) is 20.7. The summed E-state index contributed by atoms with van der Waals surface area (Å²) in [5, 5.41) is 0.370. The summed E-state index contributed by atoms with van der Waals surface area (Å²) in [5.41, 5.74) is 1.22. The van der Waals surface area contributed by atoms with Crippen LogP contribution >= 0.6 is 11.9 Å². The van der Waals surface area contributed by atoms with E-state index >= 15 is 4.39 Å². The van der Waals surface area contributed by atoms with E-state index in [0.717, 1.165) is 36.2 Å². The first kappa shape index (κ1) is 24.2. The number of pyridine rings is 1. The number of aromatic amines is 1. The van der Waals surface area contributed by atoms with Crippen molar-refractivity contribution < 1.29 is 18.0 Å². The zero-order valence-electron chi connectivity index (χ0n) is 19.8. The van der Waals surface area contributed by atoms with Crippen molar-refractivity contribution in [2.45, 2.75) is 24.5 Å². The molecule has 6 nitrogen and oxygen atoms in total. The number of H-pyrrole nitrogens is 1. The molecule has 10 heteroatoms. The number of rotatable bonds is 8. The molecule has 0 atom stereocenters. The molecule has 190 valence electrons. The Morgan fingerprint density at radius 3 is 2.45 bits per heavy atom. The number of hydrogen-bond donors (Lipinski definition) is 2. The molecule has 0 aliphatic heterocycles. The Bertz CT molecular complexity index is 1650. The number of carbonyl (C=O) groups excluding carboxylic acids is 1. The number of benzene rings is 2. The summed E-state index contributed by atoms with van der Waals surface area (Å²) in [5.74, 6) is -3.02. The molecule has 2 N–H and O–H groups in total. The van der Waals surface area contributed by atoms with Crippen LogP contribution in [0.4, 0.5) is 18.9 Å². The molecule has 1 fully saturated rings. The second kappa shape index (κ2) is 9.94. The maximum absolute atomic E-state index is 15.4. The van der Waals surface area contributed by atoms with Crippen LogP contribution in [0, 0.1) is 17.5 Å². The molecule has 3 heterocycles. The maximum atomic E-state index is 15.4. The Morgan fingerprint density at radius 1 is 0.974 bits per heavy atom. The number of ketones is 1. The molecule has 1 aliphatic rings. The van der Waals surface area contributed by atoms with Crippen molar-refractivity contribution in [3.8, 4) is 11.1 Å². The lowest BCUT2D eigenvalue weighted by atomic mass is 10.00. The van der Waals surface area contributed by atoms with E-state index in [4.69, 9.17) is 0 Å². The molecular weight excluding hydrogens is 511 g/mol. The van der Waals surface area contributed by atoms with Crippen molar-refractivity contribution in [3.05, 3.63) is 107 Å². The first-order valence-corrected chi connectivity index (χ1v) is 12.9. The van der Waals surface area contributed by atoms with Gasteiger partial charge in [0.2, 0.25) is 5.78 Å². The zero-order chi connectivity index (χ0) is 26.2. The average Bonchev–Trinajstić information content (AvgIpc) is 3.69. The fraction of sp³-hybridized carbons (Fsp3) is 0.143. The van der Waals surface area contributed by atoms with E-state index in [1.165, 1.54) is 6.20 Å². The fourth-order valence-electron chi connectivity index (χ4n) is 4.18. The summed E-state index contributed by atoms with van der Waals surface area (Å²) < 4.78 is 47.3. The van der Waals surface area contributed by atoms with Gasteiger partial charge in [-0.15, -0.1) is 0 Å². The summed E-state index contributed by atoms with van der Waals surface area (Å²) >= 11 is 1.03. The molecule has 1 aliphatic carbocycles. The van der Waals surface area contributed by atoms with E-state index in [1.54, 1.807) is 24.7 Å². The van der Waals surface area contributed by atoms with Gasteiger partial charge < -0.3 is 9.71 Å². The van der Waals surface area contributed by atoms with Gasteiger partial charge in [0, 0.05) is 64.6 Å². The van der Waals surface area contributed by atoms with Crippen LogP contribution in [0.15, 0.2) is 67.3 Å². The Labute approximate surface area is 219 Å². The van der Waals surface area contributed by atoms with Crippen molar-refractivity contribution in [1.29, 1.82) is 0 Å². The van der Waals surface area contributed by atoms with E-state index < -0.39 is 34.5 Å². The third kappa shape index (κ3) is 4.63. The van der Waals surface area contributed by atoms with Gasteiger partial charge in [0.15, 0.2) is 11.6 Å². The quantitative estimate of drug-likeness (QED) is 0.169. The Kier molecular flexibility index (Phi) is 6.32. The van der Waals surface area contributed by atoms with Gasteiger partial charge in [0.05, 0.1) is 5.56 Å². The number of fused-ring (bicyclic) bond motifs is 1. The predicted octanol–water partition coefficient (Wildman–Crippen LogP) is 6.81.